The first-order valence-electron chi connectivity index (χ1n) is 6.63. The normalized spacial score (nSPS) is 16.3. The van der Waals surface area contributed by atoms with E-state index >= 15 is 0 Å². The largest absolute Gasteiger partial charge is 0.313 e. The summed E-state index contributed by atoms with van der Waals surface area (Å²) in [7, 11) is 0. The smallest absolute Gasteiger partial charge is 0.146 e. The molecule has 1 aliphatic rings. The molecule has 1 heterocycles. The molecule has 0 spiro atoms. The van der Waals surface area contributed by atoms with Gasteiger partial charge in [-0.3, -0.25) is 0 Å². The van der Waals surface area contributed by atoms with E-state index in [0.29, 0.717) is 12.1 Å². The van der Waals surface area contributed by atoms with Gasteiger partial charge in [-0.25, -0.2) is 4.39 Å². The number of rotatable bonds is 6. The van der Waals surface area contributed by atoms with E-state index in [2.05, 4.69) is 10.2 Å². The highest BCUT2D eigenvalue weighted by molar-refractivity contribution is 6.30. The van der Waals surface area contributed by atoms with Crippen molar-refractivity contribution in [1.82, 2.24) is 10.2 Å². The SMILES string of the molecule is Fc1c(Cl)cccc1CNCCCN1CCCC1. The van der Waals surface area contributed by atoms with Crippen LogP contribution in [0.4, 0.5) is 4.39 Å². The van der Waals surface area contributed by atoms with Gasteiger partial charge in [-0.2, -0.15) is 0 Å². The summed E-state index contributed by atoms with van der Waals surface area (Å²) >= 11 is 5.73. The van der Waals surface area contributed by atoms with Crippen LogP contribution in [0.25, 0.3) is 0 Å². The van der Waals surface area contributed by atoms with Crippen LogP contribution in [-0.2, 0) is 6.54 Å². The van der Waals surface area contributed by atoms with Gasteiger partial charge in [-0.15, -0.1) is 0 Å². The fraction of sp³-hybridized carbons (Fsp3) is 0.571. The number of likely N-dealkylation sites (tertiary alicyclic amines) is 1. The average Bonchev–Trinajstić information content (AvgIpc) is 2.87. The number of benzene rings is 1. The molecule has 4 heteroatoms. The van der Waals surface area contributed by atoms with Gasteiger partial charge < -0.3 is 10.2 Å². The zero-order chi connectivity index (χ0) is 12.8. The Morgan fingerprint density at radius 2 is 2.06 bits per heavy atom. The lowest BCUT2D eigenvalue weighted by molar-refractivity contribution is 0.331. The maximum absolute atomic E-state index is 13.6. The molecule has 1 aromatic carbocycles. The Labute approximate surface area is 113 Å². The summed E-state index contributed by atoms with van der Waals surface area (Å²) in [6.45, 7) is 5.09. The number of hydrogen-bond donors (Lipinski definition) is 1. The van der Waals surface area contributed by atoms with Crippen LogP contribution in [0.3, 0.4) is 0 Å². The Morgan fingerprint density at radius 3 is 2.83 bits per heavy atom. The zero-order valence-corrected chi connectivity index (χ0v) is 11.3. The highest BCUT2D eigenvalue weighted by Gasteiger charge is 2.10. The Bertz CT molecular complexity index is 378. The fourth-order valence-electron chi connectivity index (χ4n) is 2.34. The monoisotopic (exact) mass is 270 g/mol. The van der Waals surface area contributed by atoms with Crippen molar-refractivity contribution in [2.45, 2.75) is 25.8 Å². The first-order valence-corrected chi connectivity index (χ1v) is 7.01. The molecule has 0 unspecified atom stereocenters. The quantitative estimate of drug-likeness (QED) is 0.800. The summed E-state index contributed by atoms with van der Waals surface area (Å²) < 4.78 is 13.6. The predicted molar refractivity (Wildman–Crippen MR) is 73.4 cm³/mol. The van der Waals surface area contributed by atoms with Gasteiger partial charge >= 0.3 is 0 Å². The van der Waals surface area contributed by atoms with Gasteiger partial charge in [0.05, 0.1) is 5.02 Å². The molecule has 1 fully saturated rings. The molecule has 100 valence electrons. The predicted octanol–water partition coefficient (Wildman–Crippen LogP) is 3.05. The maximum atomic E-state index is 13.6. The van der Waals surface area contributed by atoms with E-state index in [1.807, 2.05) is 0 Å². The second kappa shape index (κ2) is 7.07. The van der Waals surface area contributed by atoms with Crippen LogP contribution in [0, 0.1) is 5.82 Å². The van der Waals surface area contributed by atoms with Crippen LogP contribution >= 0.6 is 11.6 Å². The highest BCUT2D eigenvalue weighted by Crippen LogP contribution is 2.17. The van der Waals surface area contributed by atoms with Gasteiger partial charge in [-0.1, -0.05) is 23.7 Å². The maximum Gasteiger partial charge on any atom is 0.146 e. The van der Waals surface area contributed by atoms with Crippen molar-refractivity contribution in [2.75, 3.05) is 26.2 Å². The summed E-state index contributed by atoms with van der Waals surface area (Å²) in [6.07, 6.45) is 3.78. The molecule has 1 aromatic rings. The third-order valence-corrected chi connectivity index (χ3v) is 3.67. The van der Waals surface area contributed by atoms with Crippen LogP contribution in [0.1, 0.15) is 24.8 Å². The van der Waals surface area contributed by atoms with Crippen LogP contribution in [0.15, 0.2) is 18.2 Å². The van der Waals surface area contributed by atoms with Gasteiger partial charge in [0.1, 0.15) is 5.82 Å². The van der Waals surface area contributed by atoms with E-state index in [9.17, 15) is 4.39 Å². The van der Waals surface area contributed by atoms with Gasteiger partial charge in [0.25, 0.3) is 0 Å². The molecule has 2 rings (SSSR count). The van der Waals surface area contributed by atoms with Crippen LogP contribution in [0.5, 0.6) is 0 Å². The molecule has 1 N–H and O–H groups in total. The minimum absolute atomic E-state index is 0.200. The first kappa shape index (κ1) is 13.8. The molecule has 0 amide bonds. The number of nitrogens with one attached hydrogen (secondary N) is 1. The molecule has 18 heavy (non-hydrogen) atoms. The molecular formula is C14H20ClFN2. The first-order chi connectivity index (χ1) is 8.77. The number of hydrogen-bond acceptors (Lipinski definition) is 2. The van der Waals surface area contributed by atoms with Crippen LogP contribution in [0.2, 0.25) is 5.02 Å². The second-order valence-corrected chi connectivity index (χ2v) is 5.20. The lowest BCUT2D eigenvalue weighted by atomic mass is 10.2. The van der Waals surface area contributed by atoms with Gasteiger partial charge in [-0.05, 0) is 51.5 Å². The molecule has 1 saturated heterocycles. The number of nitrogens with zero attached hydrogens (tertiary/aromatic N) is 1. The summed E-state index contributed by atoms with van der Waals surface area (Å²) in [4.78, 5) is 2.49. The summed E-state index contributed by atoms with van der Waals surface area (Å²) in [6, 6.07) is 5.13. The Balaban J connectivity index is 1.64. The third-order valence-electron chi connectivity index (χ3n) is 3.37. The molecule has 0 saturated carbocycles. The van der Waals surface area contributed by atoms with Crippen molar-refractivity contribution < 1.29 is 4.39 Å². The highest BCUT2D eigenvalue weighted by atomic mass is 35.5. The molecule has 2 nitrogen and oxygen atoms in total. The minimum Gasteiger partial charge on any atom is -0.313 e. The summed E-state index contributed by atoms with van der Waals surface area (Å²) in [5.74, 6) is -0.300. The van der Waals surface area contributed by atoms with E-state index in [4.69, 9.17) is 11.6 Å². The molecule has 0 aromatic heterocycles. The Morgan fingerprint density at radius 1 is 1.28 bits per heavy atom. The van der Waals surface area contributed by atoms with Crippen molar-refractivity contribution in [1.29, 1.82) is 0 Å². The topological polar surface area (TPSA) is 15.3 Å². The van der Waals surface area contributed by atoms with Crippen molar-refractivity contribution in [2.24, 2.45) is 0 Å². The van der Waals surface area contributed by atoms with Crippen molar-refractivity contribution in [3.05, 3.63) is 34.6 Å². The molecule has 0 radical (unpaired) electrons. The lowest BCUT2D eigenvalue weighted by Gasteiger charge is -2.14. The molecular weight excluding hydrogens is 251 g/mol. The van der Waals surface area contributed by atoms with E-state index in [-0.39, 0.29) is 10.8 Å². The molecule has 0 atom stereocenters. The average molecular weight is 271 g/mol. The van der Waals surface area contributed by atoms with Gasteiger partial charge in [0.15, 0.2) is 0 Å². The fourth-order valence-corrected chi connectivity index (χ4v) is 2.54. The minimum atomic E-state index is -0.300. The lowest BCUT2D eigenvalue weighted by Crippen LogP contribution is -2.24. The van der Waals surface area contributed by atoms with Gasteiger partial charge in [0.2, 0.25) is 0 Å². The summed E-state index contributed by atoms with van der Waals surface area (Å²) in [5.41, 5.74) is 0.642. The zero-order valence-electron chi connectivity index (χ0n) is 10.6. The molecule has 0 aliphatic carbocycles. The van der Waals surface area contributed by atoms with E-state index < -0.39 is 0 Å². The standard InChI is InChI=1S/C14H20ClFN2/c15-13-6-3-5-12(14(13)16)11-17-7-4-10-18-8-1-2-9-18/h3,5-6,17H,1-2,4,7-11H2. The van der Waals surface area contributed by atoms with Crippen molar-refractivity contribution in [3.63, 3.8) is 0 Å². The summed E-state index contributed by atoms with van der Waals surface area (Å²) in [5, 5.41) is 3.47. The van der Waals surface area contributed by atoms with Crippen molar-refractivity contribution in [3.8, 4) is 0 Å². The van der Waals surface area contributed by atoms with Crippen LogP contribution < -0.4 is 5.32 Å². The van der Waals surface area contributed by atoms with Gasteiger partial charge in [0, 0.05) is 12.1 Å². The van der Waals surface area contributed by atoms with Crippen LogP contribution in [-0.4, -0.2) is 31.1 Å². The second-order valence-electron chi connectivity index (χ2n) is 4.79. The van der Waals surface area contributed by atoms with E-state index in [1.165, 1.54) is 25.9 Å². The third kappa shape index (κ3) is 3.94. The Kier molecular flexibility index (Phi) is 5.42. The van der Waals surface area contributed by atoms with Crippen molar-refractivity contribution >= 4 is 11.6 Å². The molecule has 1 aliphatic heterocycles. The molecule has 0 bridgehead atoms. The van der Waals surface area contributed by atoms with E-state index in [0.717, 1.165) is 19.5 Å². The Hall–Kier alpha value is -0.640. The number of halogens is 2. The van der Waals surface area contributed by atoms with E-state index in [1.54, 1.807) is 18.2 Å².